The first-order valence-corrected chi connectivity index (χ1v) is 5.00. The molecule has 0 bridgehead atoms. The third kappa shape index (κ3) is 1.59. The van der Waals surface area contributed by atoms with Crippen LogP contribution in [0.15, 0.2) is 12.1 Å². The van der Waals surface area contributed by atoms with Crippen LogP contribution in [0.4, 0.5) is 0 Å². The lowest BCUT2D eigenvalue weighted by Crippen LogP contribution is -1.95. The number of hydrogen-bond donors (Lipinski definition) is 1. The van der Waals surface area contributed by atoms with E-state index in [1.54, 1.807) is 0 Å². The topological polar surface area (TPSA) is 20.2 Å². The molecule has 0 aliphatic heterocycles. The van der Waals surface area contributed by atoms with Crippen LogP contribution in [0.3, 0.4) is 0 Å². The Balaban J connectivity index is 2.50. The molecule has 1 aliphatic carbocycles. The smallest absolute Gasteiger partial charge is 0.0684 e. The van der Waals surface area contributed by atoms with Gasteiger partial charge in [0.05, 0.1) is 6.61 Å². The van der Waals surface area contributed by atoms with Gasteiger partial charge in [-0.1, -0.05) is 17.7 Å². The summed E-state index contributed by atoms with van der Waals surface area (Å²) in [6, 6.07) is 3.80. The first-order chi connectivity index (χ1) is 6.24. The van der Waals surface area contributed by atoms with E-state index in [-0.39, 0.29) is 6.61 Å². The van der Waals surface area contributed by atoms with Gasteiger partial charge in [-0.2, -0.15) is 0 Å². The summed E-state index contributed by atoms with van der Waals surface area (Å²) >= 11 is 6.11. The molecular weight excluding hydrogens is 184 g/mol. The van der Waals surface area contributed by atoms with Crippen LogP contribution in [0, 0.1) is 6.92 Å². The fourth-order valence-corrected chi connectivity index (χ4v) is 2.14. The van der Waals surface area contributed by atoms with Crippen molar-refractivity contribution in [2.24, 2.45) is 0 Å². The highest BCUT2D eigenvalue weighted by atomic mass is 35.5. The van der Waals surface area contributed by atoms with Gasteiger partial charge in [-0.3, -0.25) is 0 Å². The lowest BCUT2D eigenvalue weighted by atomic mass is 9.99. The van der Waals surface area contributed by atoms with Crippen molar-refractivity contribution in [2.45, 2.75) is 32.3 Å². The van der Waals surface area contributed by atoms with Crippen molar-refractivity contribution < 1.29 is 5.11 Å². The molecule has 0 saturated heterocycles. The highest BCUT2D eigenvalue weighted by molar-refractivity contribution is 6.31. The van der Waals surface area contributed by atoms with Crippen molar-refractivity contribution in [2.75, 3.05) is 0 Å². The highest BCUT2D eigenvalue weighted by Crippen LogP contribution is 2.45. The first-order valence-electron chi connectivity index (χ1n) is 4.62. The van der Waals surface area contributed by atoms with E-state index < -0.39 is 0 Å². The van der Waals surface area contributed by atoms with Crippen molar-refractivity contribution in [1.82, 2.24) is 0 Å². The van der Waals surface area contributed by atoms with Gasteiger partial charge in [-0.15, -0.1) is 0 Å². The Hall–Kier alpha value is -0.530. The molecule has 1 aromatic carbocycles. The summed E-state index contributed by atoms with van der Waals surface area (Å²) in [5, 5.41) is 9.95. The van der Waals surface area contributed by atoms with E-state index in [0.29, 0.717) is 5.92 Å². The lowest BCUT2D eigenvalue weighted by molar-refractivity contribution is 0.281. The molecule has 0 atom stereocenters. The number of rotatable bonds is 2. The second-order valence-corrected chi connectivity index (χ2v) is 4.08. The Labute approximate surface area is 83.3 Å². The minimum absolute atomic E-state index is 0.114. The van der Waals surface area contributed by atoms with Gasteiger partial charge >= 0.3 is 0 Å². The van der Waals surface area contributed by atoms with Crippen molar-refractivity contribution in [3.05, 3.63) is 33.8 Å². The van der Waals surface area contributed by atoms with Crippen molar-refractivity contribution in [3.8, 4) is 0 Å². The maximum Gasteiger partial charge on any atom is 0.0684 e. The summed E-state index contributed by atoms with van der Waals surface area (Å²) in [7, 11) is 0. The molecule has 1 saturated carbocycles. The molecule has 1 aliphatic rings. The van der Waals surface area contributed by atoms with E-state index in [1.807, 2.05) is 19.1 Å². The summed E-state index contributed by atoms with van der Waals surface area (Å²) in [5.74, 6) is 0.652. The van der Waals surface area contributed by atoms with Gasteiger partial charge in [0.15, 0.2) is 0 Å². The number of hydrogen-bond acceptors (Lipinski definition) is 1. The zero-order valence-corrected chi connectivity index (χ0v) is 8.43. The molecule has 13 heavy (non-hydrogen) atoms. The number of aliphatic hydroxyl groups is 1. The third-order valence-corrected chi connectivity index (χ3v) is 3.06. The Morgan fingerprint density at radius 2 is 2.15 bits per heavy atom. The summed E-state index contributed by atoms with van der Waals surface area (Å²) in [4.78, 5) is 0. The van der Waals surface area contributed by atoms with E-state index in [0.717, 1.165) is 10.6 Å². The van der Waals surface area contributed by atoms with Gasteiger partial charge in [0.1, 0.15) is 0 Å². The largest absolute Gasteiger partial charge is 0.392 e. The van der Waals surface area contributed by atoms with Crippen LogP contribution in [0.1, 0.15) is 35.4 Å². The molecular formula is C11H13ClO. The third-order valence-electron chi connectivity index (χ3n) is 2.73. The fourth-order valence-electron chi connectivity index (χ4n) is 1.79. The minimum Gasteiger partial charge on any atom is -0.392 e. The maximum absolute atomic E-state index is 9.09. The molecule has 0 amide bonds. The van der Waals surface area contributed by atoms with Crippen LogP contribution in [-0.2, 0) is 6.61 Å². The SMILES string of the molecule is Cc1c(CO)ccc(Cl)c1C1CC1. The molecule has 1 N–H and O–H groups in total. The zero-order valence-electron chi connectivity index (χ0n) is 7.68. The van der Waals surface area contributed by atoms with Gasteiger partial charge in [-0.25, -0.2) is 0 Å². The molecule has 0 heterocycles. The van der Waals surface area contributed by atoms with Crippen LogP contribution >= 0.6 is 11.6 Å². The fraction of sp³-hybridized carbons (Fsp3) is 0.455. The van der Waals surface area contributed by atoms with Gasteiger partial charge < -0.3 is 5.11 Å². The summed E-state index contributed by atoms with van der Waals surface area (Å²) < 4.78 is 0. The molecule has 2 rings (SSSR count). The summed E-state index contributed by atoms with van der Waals surface area (Å²) in [6.07, 6.45) is 2.49. The van der Waals surface area contributed by atoms with Crippen LogP contribution in [-0.4, -0.2) is 5.11 Å². The van der Waals surface area contributed by atoms with Gasteiger partial charge in [0, 0.05) is 5.02 Å². The quantitative estimate of drug-likeness (QED) is 0.771. The van der Waals surface area contributed by atoms with Gasteiger partial charge in [-0.05, 0) is 48.4 Å². The Bertz CT molecular complexity index is 329. The van der Waals surface area contributed by atoms with Crippen molar-refractivity contribution in [1.29, 1.82) is 0 Å². The molecule has 2 heteroatoms. The molecule has 0 spiro atoms. The van der Waals surface area contributed by atoms with E-state index >= 15 is 0 Å². The zero-order chi connectivity index (χ0) is 9.42. The van der Waals surface area contributed by atoms with Crippen LogP contribution in [0.2, 0.25) is 5.02 Å². The lowest BCUT2D eigenvalue weighted by Gasteiger charge is -2.10. The average Bonchev–Trinajstić information content (AvgIpc) is 2.89. The maximum atomic E-state index is 9.09. The van der Waals surface area contributed by atoms with Gasteiger partial charge in [0.25, 0.3) is 0 Å². The molecule has 0 aromatic heterocycles. The standard InChI is InChI=1S/C11H13ClO/c1-7-9(6-13)4-5-10(12)11(7)8-2-3-8/h4-5,8,13H,2-3,6H2,1H3. The van der Waals surface area contributed by atoms with Crippen molar-refractivity contribution in [3.63, 3.8) is 0 Å². The first kappa shape index (κ1) is 9.04. The summed E-state index contributed by atoms with van der Waals surface area (Å²) in [5.41, 5.74) is 3.44. The van der Waals surface area contributed by atoms with E-state index in [2.05, 4.69) is 0 Å². The molecule has 1 nitrogen and oxygen atoms in total. The van der Waals surface area contributed by atoms with E-state index in [1.165, 1.54) is 24.0 Å². The molecule has 0 unspecified atom stereocenters. The Morgan fingerprint density at radius 3 is 2.69 bits per heavy atom. The normalized spacial score (nSPS) is 16.2. The Kier molecular flexibility index (Phi) is 2.31. The second-order valence-electron chi connectivity index (χ2n) is 3.68. The van der Waals surface area contributed by atoms with Crippen molar-refractivity contribution >= 4 is 11.6 Å². The monoisotopic (exact) mass is 196 g/mol. The number of benzene rings is 1. The summed E-state index contributed by atoms with van der Waals surface area (Å²) in [6.45, 7) is 2.16. The van der Waals surface area contributed by atoms with Gasteiger partial charge in [0.2, 0.25) is 0 Å². The average molecular weight is 197 g/mol. The molecule has 1 aromatic rings. The number of halogens is 1. The predicted molar refractivity (Wildman–Crippen MR) is 54.1 cm³/mol. The van der Waals surface area contributed by atoms with Crippen LogP contribution in [0.25, 0.3) is 0 Å². The Morgan fingerprint density at radius 1 is 1.46 bits per heavy atom. The van der Waals surface area contributed by atoms with Crippen LogP contribution < -0.4 is 0 Å². The molecule has 0 radical (unpaired) electrons. The van der Waals surface area contributed by atoms with E-state index in [4.69, 9.17) is 16.7 Å². The molecule has 1 fully saturated rings. The van der Waals surface area contributed by atoms with E-state index in [9.17, 15) is 0 Å². The number of aliphatic hydroxyl groups excluding tert-OH is 1. The second kappa shape index (κ2) is 3.32. The predicted octanol–water partition coefficient (Wildman–Crippen LogP) is 3.02. The van der Waals surface area contributed by atoms with Crippen LogP contribution in [0.5, 0.6) is 0 Å². The highest BCUT2D eigenvalue weighted by Gasteiger charge is 2.27. The molecule has 70 valence electrons. The minimum atomic E-state index is 0.114.